The molecule has 0 bridgehead atoms. The van der Waals surface area contributed by atoms with E-state index in [2.05, 4.69) is 4.98 Å². The number of fused-ring (bicyclic) bond motifs is 3. The molecule has 3 aliphatic rings. The van der Waals surface area contributed by atoms with Gasteiger partial charge in [-0.15, -0.1) is 0 Å². The molecular formula is C31H31F5N2O2. The van der Waals surface area contributed by atoms with Crippen LogP contribution in [0.4, 0.5) is 27.6 Å². The Bertz CT molecular complexity index is 1440. The van der Waals surface area contributed by atoms with Crippen molar-refractivity contribution in [1.82, 2.24) is 4.98 Å². The monoisotopic (exact) mass is 558 g/mol. The van der Waals surface area contributed by atoms with Crippen LogP contribution in [0.3, 0.4) is 0 Å². The third kappa shape index (κ3) is 5.16. The molecule has 2 unspecified atom stereocenters. The molecule has 1 N–H and O–H groups in total. The number of piperidine rings is 1. The van der Waals surface area contributed by atoms with Gasteiger partial charge in [-0.2, -0.15) is 13.2 Å². The minimum atomic E-state index is -4.89. The minimum Gasteiger partial charge on any atom is -0.473 e. The summed E-state index contributed by atoms with van der Waals surface area (Å²) in [5.74, 6) is -0.297. The molecule has 212 valence electrons. The third-order valence-electron chi connectivity index (χ3n) is 8.77. The van der Waals surface area contributed by atoms with Gasteiger partial charge in [0.25, 0.3) is 0 Å². The third-order valence-corrected chi connectivity index (χ3v) is 8.77. The lowest BCUT2D eigenvalue weighted by Gasteiger charge is -2.38. The van der Waals surface area contributed by atoms with Crippen LogP contribution >= 0.6 is 0 Å². The molecule has 0 spiro atoms. The van der Waals surface area contributed by atoms with E-state index in [1.807, 2.05) is 11.0 Å². The SMILES string of the molecule is CC(C)(O)C1CCN(c2ccc(-c3cc(COc4cc5c(cn4)C4CC4C5)c(F)cc3C(F)(F)F)c(F)c2)CC1. The van der Waals surface area contributed by atoms with Crippen LogP contribution < -0.4 is 9.64 Å². The fourth-order valence-corrected chi connectivity index (χ4v) is 6.31. The number of halogens is 5. The van der Waals surface area contributed by atoms with Crippen molar-refractivity contribution in [3.05, 3.63) is 76.5 Å². The van der Waals surface area contributed by atoms with Crippen LogP contribution in [0.1, 0.15) is 61.3 Å². The van der Waals surface area contributed by atoms with Gasteiger partial charge < -0.3 is 14.7 Å². The second kappa shape index (κ2) is 9.72. The summed E-state index contributed by atoms with van der Waals surface area (Å²) in [5, 5.41) is 10.3. The zero-order valence-electron chi connectivity index (χ0n) is 22.4. The first-order chi connectivity index (χ1) is 18.9. The molecule has 4 nitrogen and oxygen atoms in total. The van der Waals surface area contributed by atoms with Gasteiger partial charge in [-0.1, -0.05) is 0 Å². The van der Waals surface area contributed by atoms with Crippen molar-refractivity contribution < 1.29 is 31.8 Å². The molecule has 1 saturated heterocycles. The molecule has 40 heavy (non-hydrogen) atoms. The Morgan fingerprint density at radius 3 is 2.42 bits per heavy atom. The van der Waals surface area contributed by atoms with Crippen molar-refractivity contribution in [1.29, 1.82) is 0 Å². The first-order valence-electron chi connectivity index (χ1n) is 13.7. The van der Waals surface area contributed by atoms with Crippen LogP contribution in [0, 0.1) is 23.5 Å². The fourth-order valence-electron chi connectivity index (χ4n) is 6.31. The maximum absolute atomic E-state index is 15.4. The Morgan fingerprint density at radius 2 is 1.75 bits per heavy atom. The van der Waals surface area contributed by atoms with Crippen LogP contribution in [-0.2, 0) is 19.2 Å². The fraction of sp³-hybridized carbons (Fsp3) is 0.452. The summed E-state index contributed by atoms with van der Waals surface area (Å²) >= 11 is 0. The van der Waals surface area contributed by atoms with Gasteiger partial charge in [0.05, 0.1) is 11.2 Å². The predicted molar refractivity (Wildman–Crippen MR) is 141 cm³/mol. The Hall–Kier alpha value is -3.20. The van der Waals surface area contributed by atoms with E-state index in [1.165, 1.54) is 24.1 Å². The molecule has 3 aromatic rings. The number of anilines is 1. The molecule has 2 fully saturated rings. The Labute approximate surface area is 229 Å². The van der Waals surface area contributed by atoms with Crippen molar-refractivity contribution in [2.75, 3.05) is 18.0 Å². The van der Waals surface area contributed by atoms with Crippen molar-refractivity contribution in [2.45, 2.75) is 63.8 Å². The topological polar surface area (TPSA) is 45.6 Å². The lowest BCUT2D eigenvalue weighted by molar-refractivity contribution is -0.137. The van der Waals surface area contributed by atoms with Crippen molar-refractivity contribution in [2.24, 2.45) is 11.8 Å². The standard InChI is InChI=1S/C31H31F5N2O2/c1-30(2,39)20-5-7-38(8-6-20)21-3-4-22(28(33)13-21)24-11-19(27(32)14-26(24)31(34,35)36)16-40-29-12-18-9-17-10-23(17)25(18)15-37-29/h3-4,11-15,17,20,23,39H,5-10,16H2,1-2H3. The normalized spacial score (nSPS) is 20.9. The highest BCUT2D eigenvalue weighted by molar-refractivity contribution is 5.72. The number of aromatic nitrogens is 1. The van der Waals surface area contributed by atoms with E-state index in [0.29, 0.717) is 49.5 Å². The molecule has 2 heterocycles. The molecular weight excluding hydrogens is 527 g/mol. The molecule has 2 aliphatic carbocycles. The van der Waals surface area contributed by atoms with Gasteiger partial charge in [-0.3, -0.25) is 0 Å². The lowest BCUT2D eigenvalue weighted by Crippen LogP contribution is -2.41. The number of alkyl halides is 3. The number of nitrogens with zero attached hydrogens (tertiary/aromatic N) is 2. The first kappa shape index (κ1) is 27.0. The zero-order chi connectivity index (χ0) is 28.4. The number of hydrogen-bond acceptors (Lipinski definition) is 4. The van der Waals surface area contributed by atoms with E-state index in [0.717, 1.165) is 18.1 Å². The molecule has 1 aromatic heterocycles. The number of benzene rings is 2. The van der Waals surface area contributed by atoms with Crippen LogP contribution in [0.2, 0.25) is 0 Å². The van der Waals surface area contributed by atoms with Gasteiger partial charge in [0.15, 0.2) is 0 Å². The highest BCUT2D eigenvalue weighted by Gasteiger charge is 2.45. The van der Waals surface area contributed by atoms with Gasteiger partial charge in [0.1, 0.15) is 18.2 Å². The van der Waals surface area contributed by atoms with Crippen molar-refractivity contribution >= 4 is 5.69 Å². The average Bonchev–Trinajstić information content (AvgIpc) is 3.57. The zero-order valence-corrected chi connectivity index (χ0v) is 22.4. The second-order valence-electron chi connectivity index (χ2n) is 11.9. The van der Waals surface area contributed by atoms with E-state index in [1.54, 1.807) is 26.1 Å². The number of rotatable bonds is 6. The maximum atomic E-state index is 15.4. The number of ether oxygens (including phenoxy) is 1. The predicted octanol–water partition coefficient (Wildman–Crippen LogP) is 7.27. The van der Waals surface area contributed by atoms with Crippen molar-refractivity contribution in [3.8, 4) is 17.0 Å². The molecule has 0 radical (unpaired) electrons. The average molecular weight is 559 g/mol. The maximum Gasteiger partial charge on any atom is 0.417 e. The van der Waals surface area contributed by atoms with E-state index in [-0.39, 0.29) is 29.5 Å². The quantitative estimate of drug-likeness (QED) is 0.323. The summed E-state index contributed by atoms with van der Waals surface area (Å²) in [6.45, 7) is 4.39. The van der Waals surface area contributed by atoms with Gasteiger partial charge in [0.2, 0.25) is 5.88 Å². The largest absolute Gasteiger partial charge is 0.473 e. The summed E-state index contributed by atoms with van der Waals surface area (Å²) in [6, 6.07) is 7.36. The van der Waals surface area contributed by atoms with Gasteiger partial charge in [0, 0.05) is 42.2 Å². The molecule has 2 atom stereocenters. The van der Waals surface area contributed by atoms with E-state index in [9.17, 15) is 22.7 Å². The van der Waals surface area contributed by atoms with E-state index in [4.69, 9.17) is 4.74 Å². The van der Waals surface area contributed by atoms with Crippen molar-refractivity contribution in [3.63, 3.8) is 0 Å². The summed E-state index contributed by atoms with van der Waals surface area (Å²) in [4.78, 5) is 6.25. The molecule has 6 rings (SSSR count). The summed E-state index contributed by atoms with van der Waals surface area (Å²) < 4.78 is 77.7. The minimum absolute atomic E-state index is 0.111. The smallest absolute Gasteiger partial charge is 0.417 e. The van der Waals surface area contributed by atoms with E-state index >= 15 is 4.39 Å². The van der Waals surface area contributed by atoms with Gasteiger partial charge in [-0.25, -0.2) is 13.8 Å². The van der Waals surface area contributed by atoms with Crippen LogP contribution in [-0.4, -0.2) is 28.8 Å². The van der Waals surface area contributed by atoms with Gasteiger partial charge >= 0.3 is 6.18 Å². The Morgan fingerprint density at radius 1 is 1.00 bits per heavy atom. The summed E-state index contributed by atoms with van der Waals surface area (Å²) in [7, 11) is 0. The number of hydrogen-bond donors (Lipinski definition) is 1. The second-order valence-corrected chi connectivity index (χ2v) is 11.9. The number of aliphatic hydroxyl groups is 1. The molecule has 2 aromatic carbocycles. The highest BCUT2D eigenvalue weighted by Crippen LogP contribution is 2.56. The van der Waals surface area contributed by atoms with Crippen LogP contribution in [0.25, 0.3) is 11.1 Å². The molecule has 9 heteroatoms. The molecule has 0 amide bonds. The Balaban J connectivity index is 1.25. The molecule has 1 aliphatic heterocycles. The van der Waals surface area contributed by atoms with E-state index < -0.39 is 34.5 Å². The first-order valence-corrected chi connectivity index (χ1v) is 13.7. The summed E-state index contributed by atoms with van der Waals surface area (Å²) in [6.07, 6.45) is 0.430. The Kier molecular flexibility index (Phi) is 6.56. The van der Waals surface area contributed by atoms with Crippen LogP contribution in [0.15, 0.2) is 42.6 Å². The lowest BCUT2D eigenvalue weighted by atomic mass is 9.83. The van der Waals surface area contributed by atoms with Crippen LogP contribution in [0.5, 0.6) is 5.88 Å². The summed E-state index contributed by atoms with van der Waals surface area (Å²) in [5.41, 5.74) is 0.0161. The number of pyridine rings is 1. The highest BCUT2D eigenvalue weighted by atomic mass is 19.4. The molecule has 1 saturated carbocycles. The van der Waals surface area contributed by atoms with Gasteiger partial charge in [-0.05, 0) is 104 Å².